The molecule has 0 saturated carbocycles. The van der Waals surface area contributed by atoms with Gasteiger partial charge in [0.2, 0.25) is 0 Å². The van der Waals surface area contributed by atoms with Gasteiger partial charge in [0.1, 0.15) is 10.2 Å². The summed E-state index contributed by atoms with van der Waals surface area (Å²) in [5, 5.41) is 6.52. The summed E-state index contributed by atoms with van der Waals surface area (Å²) in [4.78, 5) is 9.07. The van der Waals surface area contributed by atoms with Crippen LogP contribution in [-0.4, -0.2) is 16.0 Å². The summed E-state index contributed by atoms with van der Waals surface area (Å²) in [5.74, 6) is 0. The standard InChI is InChI=1S/C14H13BrClFN4S2/c1-6(18)11(17)14-10(15)12-13(23-14)7(4-8(16)21-12)20-5-9-19-2-3-22-9/h2-4,6,11H,5,18H2,1H3,(H,20,21)/t6-,11?/m0/s1. The predicted octanol–water partition coefficient (Wildman–Crippen LogP) is 5.14. The van der Waals surface area contributed by atoms with Crippen LogP contribution in [0.25, 0.3) is 10.2 Å². The van der Waals surface area contributed by atoms with Crippen molar-refractivity contribution in [1.29, 1.82) is 0 Å². The van der Waals surface area contributed by atoms with Gasteiger partial charge in [-0.2, -0.15) is 0 Å². The summed E-state index contributed by atoms with van der Waals surface area (Å²) in [6.07, 6.45) is 0.502. The number of nitrogens with one attached hydrogen (secondary N) is 1. The van der Waals surface area contributed by atoms with Crippen LogP contribution in [0.1, 0.15) is 23.0 Å². The van der Waals surface area contributed by atoms with E-state index in [1.165, 1.54) is 11.3 Å². The molecule has 9 heteroatoms. The molecule has 0 aliphatic carbocycles. The van der Waals surface area contributed by atoms with Crippen LogP contribution in [0, 0.1) is 0 Å². The molecule has 3 heterocycles. The largest absolute Gasteiger partial charge is 0.377 e. The maximum atomic E-state index is 14.4. The summed E-state index contributed by atoms with van der Waals surface area (Å²) in [5.41, 5.74) is 7.14. The first-order valence-corrected chi connectivity index (χ1v) is 9.64. The van der Waals surface area contributed by atoms with Crippen LogP contribution in [0.4, 0.5) is 10.1 Å². The van der Waals surface area contributed by atoms with E-state index in [9.17, 15) is 4.39 Å². The summed E-state index contributed by atoms with van der Waals surface area (Å²) >= 11 is 12.4. The average molecular weight is 436 g/mol. The molecule has 0 radical (unpaired) electrons. The lowest BCUT2D eigenvalue weighted by Crippen LogP contribution is -2.21. The summed E-state index contributed by atoms with van der Waals surface area (Å²) in [7, 11) is 0. The molecule has 2 atom stereocenters. The zero-order valence-electron chi connectivity index (χ0n) is 12.0. The number of hydrogen-bond acceptors (Lipinski definition) is 6. The second-order valence-electron chi connectivity index (χ2n) is 4.99. The Bertz CT molecular complexity index is 822. The lowest BCUT2D eigenvalue weighted by molar-refractivity contribution is 0.304. The molecule has 3 aromatic heterocycles. The van der Waals surface area contributed by atoms with Crippen molar-refractivity contribution in [3.63, 3.8) is 0 Å². The van der Waals surface area contributed by atoms with Crippen molar-refractivity contribution in [3.8, 4) is 0 Å². The molecule has 3 rings (SSSR count). The van der Waals surface area contributed by atoms with Gasteiger partial charge in [0.15, 0.2) is 6.17 Å². The summed E-state index contributed by atoms with van der Waals surface area (Å²) in [6, 6.07) is 1.14. The van der Waals surface area contributed by atoms with E-state index in [-0.39, 0.29) is 0 Å². The van der Waals surface area contributed by atoms with E-state index < -0.39 is 12.2 Å². The summed E-state index contributed by atoms with van der Waals surface area (Å²) in [6.45, 7) is 2.22. The lowest BCUT2D eigenvalue weighted by Gasteiger charge is -2.09. The number of thiophene rings is 1. The quantitative estimate of drug-likeness (QED) is 0.545. The topological polar surface area (TPSA) is 63.8 Å². The van der Waals surface area contributed by atoms with Gasteiger partial charge in [-0.05, 0) is 22.9 Å². The Labute approximate surface area is 154 Å². The molecule has 4 nitrogen and oxygen atoms in total. The lowest BCUT2D eigenvalue weighted by atomic mass is 10.2. The van der Waals surface area contributed by atoms with Crippen LogP contribution in [0.2, 0.25) is 5.15 Å². The highest BCUT2D eigenvalue weighted by Gasteiger charge is 2.24. The fourth-order valence-corrected chi connectivity index (χ4v) is 4.93. The van der Waals surface area contributed by atoms with Gasteiger partial charge in [-0.3, -0.25) is 0 Å². The average Bonchev–Trinajstić information content (AvgIpc) is 3.13. The Morgan fingerprint density at radius 2 is 2.30 bits per heavy atom. The van der Waals surface area contributed by atoms with Crippen LogP contribution in [0.5, 0.6) is 0 Å². The molecule has 0 fully saturated rings. The molecule has 0 aliphatic rings. The van der Waals surface area contributed by atoms with E-state index in [0.717, 1.165) is 15.4 Å². The highest BCUT2D eigenvalue weighted by Crippen LogP contribution is 2.44. The van der Waals surface area contributed by atoms with Gasteiger partial charge in [0.25, 0.3) is 0 Å². The predicted molar refractivity (Wildman–Crippen MR) is 99.3 cm³/mol. The molecule has 0 saturated heterocycles. The van der Waals surface area contributed by atoms with Crippen molar-refractivity contribution in [2.24, 2.45) is 5.73 Å². The molecule has 0 spiro atoms. The Kier molecular flexibility index (Phi) is 5.17. The minimum Gasteiger partial charge on any atom is -0.377 e. The highest BCUT2D eigenvalue weighted by atomic mass is 79.9. The van der Waals surface area contributed by atoms with Crippen molar-refractivity contribution < 1.29 is 4.39 Å². The molecule has 23 heavy (non-hydrogen) atoms. The van der Waals surface area contributed by atoms with Gasteiger partial charge in [-0.25, -0.2) is 14.4 Å². The van der Waals surface area contributed by atoms with Crippen LogP contribution < -0.4 is 11.1 Å². The van der Waals surface area contributed by atoms with E-state index in [4.69, 9.17) is 17.3 Å². The van der Waals surface area contributed by atoms with Crippen molar-refractivity contribution in [2.45, 2.75) is 25.7 Å². The molecule has 0 aromatic carbocycles. The van der Waals surface area contributed by atoms with Crippen LogP contribution >= 0.6 is 50.2 Å². The first kappa shape index (κ1) is 17.0. The second kappa shape index (κ2) is 6.98. The van der Waals surface area contributed by atoms with Gasteiger partial charge < -0.3 is 11.1 Å². The first-order chi connectivity index (χ1) is 11.0. The normalized spacial score (nSPS) is 14.1. The Morgan fingerprint density at radius 3 is 2.96 bits per heavy atom. The molecule has 3 N–H and O–H groups in total. The third-order valence-corrected chi connectivity index (χ3v) is 6.51. The zero-order valence-corrected chi connectivity index (χ0v) is 16.0. The van der Waals surface area contributed by atoms with E-state index in [1.807, 2.05) is 5.38 Å². The monoisotopic (exact) mass is 434 g/mol. The third-order valence-electron chi connectivity index (χ3n) is 3.20. The Morgan fingerprint density at radius 1 is 1.52 bits per heavy atom. The Hall–Kier alpha value is -0.800. The second-order valence-corrected chi connectivity index (χ2v) is 8.20. The van der Waals surface area contributed by atoms with E-state index in [2.05, 4.69) is 31.2 Å². The van der Waals surface area contributed by atoms with Crippen LogP contribution in [-0.2, 0) is 6.54 Å². The van der Waals surface area contributed by atoms with Gasteiger partial charge in [-0.15, -0.1) is 22.7 Å². The molecule has 122 valence electrons. The summed E-state index contributed by atoms with van der Waals surface area (Å²) < 4.78 is 15.8. The number of rotatable bonds is 5. The maximum Gasteiger partial charge on any atom is 0.150 e. The van der Waals surface area contributed by atoms with Gasteiger partial charge >= 0.3 is 0 Å². The van der Waals surface area contributed by atoms with E-state index in [0.29, 0.717) is 26.6 Å². The maximum absolute atomic E-state index is 14.4. The Balaban J connectivity index is 2.02. The minimum atomic E-state index is -1.26. The number of nitrogens with two attached hydrogens (primary N) is 1. The van der Waals surface area contributed by atoms with Gasteiger partial charge in [0, 0.05) is 23.7 Å². The number of halogens is 3. The van der Waals surface area contributed by atoms with Crippen molar-refractivity contribution >= 4 is 66.1 Å². The van der Waals surface area contributed by atoms with Crippen LogP contribution in [0.15, 0.2) is 22.1 Å². The van der Waals surface area contributed by atoms with Gasteiger partial charge in [0.05, 0.1) is 31.8 Å². The molecule has 1 unspecified atom stereocenters. The zero-order chi connectivity index (χ0) is 16.6. The van der Waals surface area contributed by atoms with Crippen molar-refractivity contribution in [2.75, 3.05) is 5.32 Å². The number of pyridine rings is 1. The fourth-order valence-electron chi connectivity index (χ4n) is 2.08. The third kappa shape index (κ3) is 3.51. The SMILES string of the molecule is C[C@H](N)C(F)c1sc2c(NCc3nccs3)cc(Cl)nc2c1Br. The number of nitrogens with zero attached hydrogens (tertiary/aromatic N) is 2. The number of alkyl halides is 1. The highest BCUT2D eigenvalue weighted by molar-refractivity contribution is 9.10. The molecular formula is C14H13BrClFN4S2. The number of hydrogen-bond donors (Lipinski definition) is 2. The van der Waals surface area contributed by atoms with Crippen molar-refractivity contribution in [1.82, 2.24) is 9.97 Å². The fraction of sp³-hybridized carbons (Fsp3) is 0.286. The van der Waals surface area contributed by atoms with Crippen molar-refractivity contribution in [3.05, 3.63) is 37.2 Å². The molecular weight excluding hydrogens is 423 g/mol. The first-order valence-electron chi connectivity index (χ1n) is 6.77. The minimum absolute atomic E-state index is 0.348. The molecule has 0 amide bonds. The smallest absolute Gasteiger partial charge is 0.150 e. The number of thiazole rings is 1. The molecule has 3 aromatic rings. The van der Waals surface area contributed by atoms with Crippen LogP contribution in [0.3, 0.4) is 0 Å². The van der Waals surface area contributed by atoms with Gasteiger partial charge in [-0.1, -0.05) is 11.6 Å². The number of fused-ring (bicyclic) bond motifs is 1. The van der Waals surface area contributed by atoms with E-state index in [1.54, 1.807) is 30.5 Å². The molecule has 0 bridgehead atoms. The number of anilines is 1. The van der Waals surface area contributed by atoms with E-state index >= 15 is 0 Å². The number of aromatic nitrogens is 2. The molecule has 0 aliphatic heterocycles.